The number of hydrogen-bond donors (Lipinski definition) is 4. The van der Waals surface area contributed by atoms with Gasteiger partial charge in [-0.2, -0.15) is 0 Å². The summed E-state index contributed by atoms with van der Waals surface area (Å²) in [6.07, 6.45) is 5.98. The van der Waals surface area contributed by atoms with E-state index in [0.29, 0.717) is 31.7 Å². The lowest BCUT2D eigenvalue weighted by molar-refractivity contribution is -0.128. The van der Waals surface area contributed by atoms with Crippen LogP contribution in [0.25, 0.3) is 6.08 Å². The van der Waals surface area contributed by atoms with Crippen molar-refractivity contribution >= 4 is 35.4 Å². The Labute approximate surface area is 185 Å². The van der Waals surface area contributed by atoms with Gasteiger partial charge in [-0.1, -0.05) is 30.5 Å². The van der Waals surface area contributed by atoms with Crippen LogP contribution in [0.5, 0.6) is 0 Å². The van der Waals surface area contributed by atoms with Gasteiger partial charge < -0.3 is 21.1 Å². The topological polar surface area (TPSA) is 108 Å². The molecule has 1 saturated carbocycles. The van der Waals surface area contributed by atoms with E-state index in [1.54, 1.807) is 0 Å². The third-order valence-corrected chi connectivity index (χ3v) is 5.81. The average molecular weight is 452 g/mol. The SMILES string of the molecule is O=C(/C=C/c1ccc(Cl)cc1F)NC(CC1CC1)C(=O)NC(CO)CC1CCNC1=O. The van der Waals surface area contributed by atoms with Crippen molar-refractivity contribution in [3.8, 4) is 0 Å². The first-order valence-electron chi connectivity index (χ1n) is 10.5. The van der Waals surface area contributed by atoms with Crippen LogP contribution < -0.4 is 16.0 Å². The van der Waals surface area contributed by atoms with Crippen LogP contribution in [0.3, 0.4) is 0 Å². The van der Waals surface area contributed by atoms with Crippen LogP contribution >= 0.6 is 11.6 Å². The molecule has 3 unspecified atom stereocenters. The van der Waals surface area contributed by atoms with Crippen molar-refractivity contribution in [2.75, 3.05) is 13.2 Å². The molecule has 2 fully saturated rings. The van der Waals surface area contributed by atoms with Gasteiger partial charge in [-0.25, -0.2) is 4.39 Å². The summed E-state index contributed by atoms with van der Waals surface area (Å²) in [4.78, 5) is 36.9. The zero-order valence-corrected chi connectivity index (χ0v) is 17.8. The minimum atomic E-state index is -0.772. The maximum Gasteiger partial charge on any atom is 0.244 e. The Morgan fingerprint density at radius 1 is 1.26 bits per heavy atom. The molecule has 0 bridgehead atoms. The molecule has 3 atom stereocenters. The van der Waals surface area contributed by atoms with Gasteiger partial charge in [0.15, 0.2) is 0 Å². The molecule has 31 heavy (non-hydrogen) atoms. The van der Waals surface area contributed by atoms with Gasteiger partial charge in [-0.05, 0) is 43.4 Å². The van der Waals surface area contributed by atoms with Crippen LogP contribution in [0.1, 0.15) is 37.7 Å². The predicted octanol–water partition coefficient (Wildman–Crippen LogP) is 1.78. The van der Waals surface area contributed by atoms with E-state index >= 15 is 0 Å². The van der Waals surface area contributed by atoms with E-state index < -0.39 is 29.7 Å². The van der Waals surface area contributed by atoms with Gasteiger partial charge in [0, 0.05) is 29.1 Å². The predicted molar refractivity (Wildman–Crippen MR) is 114 cm³/mol. The first-order chi connectivity index (χ1) is 14.9. The second-order valence-electron chi connectivity index (χ2n) is 8.14. The molecule has 1 saturated heterocycles. The summed E-state index contributed by atoms with van der Waals surface area (Å²) in [7, 11) is 0. The van der Waals surface area contributed by atoms with Gasteiger partial charge >= 0.3 is 0 Å². The summed E-state index contributed by atoms with van der Waals surface area (Å²) in [5, 5.41) is 18.1. The molecule has 0 spiro atoms. The molecule has 1 aromatic rings. The molecular weight excluding hydrogens is 425 g/mol. The molecule has 2 aliphatic rings. The van der Waals surface area contributed by atoms with E-state index in [9.17, 15) is 23.9 Å². The average Bonchev–Trinajstić information content (AvgIpc) is 3.46. The van der Waals surface area contributed by atoms with E-state index in [2.05, 4.69) is 16.0 Å². The minimum absolute atomic E-state index is 0.0740. The number of hydrogen-bond acceptors (Lipinski definition) is 4. The quantitative estimate of drug-likeness (QED) is 0.407. The standard InChI is InChI=1S/C22H27ClFN3O4/c23-16-5-3-14(18(24)11-16)4-6-20(29)27-19(9-13-1-2-13)22(31)26-17(12-28)10-15-7-8-25-21(15)30/h3-6,11,13,15,17,19,28H,1-2,7-10,12H2,(H,25,30)(H,26,31)(H,27,29)/b6-4+. The van der Waals surface area contributed by atoms with Crippen molar-refractivity contribution in [3.63, 3.8) is 0 Å². The van der Waals surface area contributed by atoms with Gasteiger partial charge in [0.05, 0.1) is 12.6 Å². The molecule has 1 heterocycles. The highest BCUT2D eigenvalue weighted by molar-refractivity contribution is 6.30. The number of nitrogens with one attached hydrogen (secondary N) is 3. The fourth-order valence-corrected chi connectivity index (χ4v) is 3.79. The Balaban J connectivity index is 1.59. The maximum absolute atomic E-state index is 13.9. The van der Waals surface area contributed by atoms with Gasteiger partial charge in [0.2, 0.25) is 17.7 Å². The lowest BCUT2D eigenvalue weighted by Gasteiger charge is -2.23. The molecule has 9 heteroatoms. The highest BCUT2D eigenvalue weighted by Gasteiger charge is 2.32. The molecule has 4 N–H and O–H groups in total. The molecule has 1 aliphatic heterocycles. The summed E-state index contributed by atoms with van der Waals surface area (Å²) in [6, 6.07) is 2.79. The Kier molecular flexibility index (Phi) is 8.03. The van der Waals surface area contributed by atoms with Crippen molar-refractivity contribution in [2.24, 2.45) is 11.8 Å². The van der Waals surface area contributed by atoms with Crippen LogP contribution in [0, 0.1) is 17.7 Å². The largest absolute Gasteiger partial charge is 0.394 e. The van der Waals surface area contributed by atoms with Crippen molar-refractivity contribution in [3.05, 3.63) is 40.7 Å². The Morgan fingerprint density at radius 2 is 2.03 bits per heavy atom. The summed E-state index contributed by atoms with van der Waals surface area (Å²) >= 11 is 5.72. The Bertz CT molecular complexity index is 859. The second-order valence-corrected chi connectivity index (χ2v) is 8.58. The lowest BCUT2D eigenvalue weighted by atomic mass is 9.98. The molecule has 3 rings (SSSR count). The third-order valence-electron chi connectivity index (χ3n) is 5.57. The molecular formula is C22H27ClFN3O4. The molecule has 7 nitrogen and oxygen atoms in total. The van der Waals surface area contributed by atoms with Crippen LogP contribution in [-0.2, 0) is 14.4 Å². The van der Waals surface area contributed by atoms with E-state index in [-0.39, 0.29) is 29.0 Å². The van der Waals surface area contributed by atoms with Crippen LogP contribution in [0.4, 0.5) is 4.39 Å². The Hall–Kier alpha value is -2.45. The van der Waals surface area contributed by atoms with Gasteiger partial charge in [0.25, 0.3) is 0 Å². The number of halogens is 2. The monoisotopic (exact) mass is 451 g/mol. The summed E-state index contributed by atoms with van der Waals surface area (Å²) in [6.45, 7) is 0.297. The fraction of sp³-hybridized carbons (Fsp3) is 0.500. The lowest BCUT2D eigenvalue weighted by Crippen LogP contribution is -2.51. The summed E-state index contributed by atoms with van der Waals surface area (Å²) in [5.74, 6) is -1.43. The number of carbonyl (C=O) groups excluding carboxylic acids is 3. The van der Waals surface area contributed by atoms with Gasteiger partial charge in [0.1, 0.15) is 11.9 Å². The zero-order valence-electron chi connectivity index (χ0n) is 17.1. The molecule has 0 radical (unpaired) electrons. The third kappa shape index (κ3) is 7.04. The number of benzene rings is 1. The molecule has 0 aromatic heterocycles. The molecule has 3 amide bonds. The highest BCUT2D eigenvalue weighted by atomic mass is 35.5. The van der Waals surface area contributed by atoms with E-state index in [1.165, 1.54) is 24.3 Å². The maximum atomic E-state index is 13.9. The Morgan fingerprint density at radius 3 is 2.65 bits per heavy atom. The molecule has 1 aromatic carbocycles. The van der Waals surface area contributed by atoms with Crippen molar-refractivity contribution in [2.45, 2.75) is 44.2 Å². The van der Waals surface area contributed by atoms with Crippen molar-refractivity contribution in [1.82, 2.24) is 16.0 Å². The number of carbonyl (C=O) groups is 3. The highest BCUT2D eigenvalue weighted by Crippen LogP contribution is 2.33. The molecule has 168 valence electrons. The first kappa shape index (κ1) is 23.2. The van der Waals surface area contributed by atoms with Gasteiger partial charge in [-0.15, -0.1) is 0 Å². The number of aliphatic hydroxyl groups excluding tert-OH is 1. The van der Waals surface area contributed by atoms with Crippen LogP contribution in [0.2, 0.25) is 5.02 Å². The van der Waals surface area contributed by atoms with Crippen molar-refractivity contribution < 1.29 is 23.9 Å². The second kappa shape index (κ2) is 10.7. The molecule has 1 aliphatic carbocycles. The minimum Gasteiger partial charge on any atom is -0.394 e. The van der Waals surface area contributed by atoms with E-state index in [0.717, 1.165) is 18.9 Å². The van der Waals surface area contributed by atoms with E-state index in [4.69, 9.17) is 11.6 Å². The van der Waals surface area contributed by atoms with Crippen molar-refractivity contribution in [1.29, 1.82) is 0 Å². The normalized spacial score (nSPS) is 20.4. The zero-order chi connectivity index (χ0) is 22.4. The van der Waals surface area contributed by atoms with Crippen LogP contribution in [-0.4, -0.2) is 48.1 Å². The number of rotatable bonds is 10. The van der Waals surface area contributed by atoms with E-state index in [1.807, 2.05) is 0 Å². The van der Waals surface area contributed by atoms with Gasteiger partial charge in [-0.3, -0.25) is 14.4 Å². The summed E-state index contributed by atoms with van der Waals surface area (Å²) in [5.41, 5.74) is 0.206. The summed E-state index contributed by atoms with van der Waals surface area (Å²) < 4.78 is 13.9. The fourth-order valence-electron chi connectivity index (χ4n) is 3.63. The number of amides is 3. The number of aliphatic hydroxyl groups is 1. The first-order valence-corrected chi connectivity index (χ1v) is 10.9. The van der Waals surface area contributed by atoms with Crippen LogP contribution in [0.15, 0.2) is 24.3 Å². The smallest absolute Gasteiger partial charge is 0.244 e.